The van der Waals surface area contributed by atoms with E-state index in [-0.39, 0.29) is 10.8 Å². The van der Waals surface area contributed by atoms with E-state index in [9.17, 15) is 13.2 Å². The fourth-order valence-corrected chi connectivity index (χ4v) is 5.59. The zero-order valence-corrected chi connectivity index (χ0v) is 15.8. The first-order valence-electron chi connectivity index (χ1n) is 8.43. The van der Waals surface area contributed by atoms with Gasteiger partial charge >= 0.3 is 0 Å². The molecular weight excluding hydrogens is 356 g/mol. The monoisotopic (exact) mass is 378 g/mol. The van der Waals surface area contributed by atoms with Gasteiger partial charge in [0.25, 0.3) is 5.91 Å². The highest BCUT2D eigenvalue weighted by molar-refractivity contribution is 7.89. The molecule has 0 atom stereocenters. The smallest absolute Gasteiger partial charge is 0.265 e. The van der Waals surface area contributed by atoms with E-state index in [1.165, 1.54) is 6.07 Å². The van der Waals surface area contributed by atoms with Gasteiger partial charge in [-0.15, -0.1) is 11.3 Å². The number of nitrogens with zero attached hydrogens (tertiary/aromatic N) is 1. The van der Waals surface area contributed by atoms with E-state index in [0.717, 1.165) is 42.6 Å². The number of sulfonamides is 1. The van der Waals surface area contributed by atoms with Crippen molar-refractivity contribution >= 4 is 33.0 Å². The molecule has 0 unspecified atom stereocenters. The van der Waals surface area contributed by atoms with Crippen molar-refractivity contribution in [2.75, 3.05) is 18.4 Å². The molecular formula is C18H22N2O3S2. The lowest BCUT2D eigenvalue weighted by Gasteiger charge is -2.18. The number of rotatable bonds is 4. The van der Waals surface area contributed by atoms with E-state index in [2.05, 4.69) is 5.32 Å². The van der Waals surface area contributed by atoms with Gasteiger partial charge in [0.05, 0.1) is 9.77 Å². The number of anilines is 1. The highest BCUT2D eigenvalue weighted by Crippen LogP contribution is 2.25. The van der Waals surface area contributed by atoms with E-state index in [0.29, 0.717) is 23.7 Å². The average molecular weight is 379 g/mol. The predicted octanol–water partition coefficient (Wildman–Crippen LogP) is 3.87. The molecule has 1 aliphatic rings. The highest BCUT2D eigenvalue weighted by Gasteiger charge is 2.27. The quantitative estimate of drug-likeness (QED) is 0.878. The fourth-order valence-electron chi connectivity index (χ4n) is 2.92. The molecule has 1 amide bonds. The Bertz CT molecular complexity index is 851. The number of aryl methyl sites for hydroxylation is 1. The lowest BCUT2D eigenvalue weighted by molar-refractivity contribution is 0.103. The summed E-state index contributed by atoms with van der Waals surface area (Å²) >= 11 is 1.16. The van der Waals surface area contributed by atoms with Crippen molar-refractivity contribution in [2.24, 2.45) is 0 Å². The fraction of sp³-hybridized carbons (Fsp3) is 0.389. The van der Waals surface area contributed by atoms with Crippen LogP contribution in [-0.2, 0) is 10.0 Å². The maximum Gasteiger partial charge on any atom is 0.265 e. The Kier molecular flexibility index (Phi) is 5.56. The van der Waals surface area contributed by atoms with Gasteiger partial charge in [0.2, 0.25) is 10.0 Å². The minimum atomic E-state index is -3.51. The summed E-state index contributed by atoms with van der Waals surface area (Å²) in [5.41, 5.74) is 1.75. The molecule has 2 heterocycles. The lowest BCUT2D eigenvalue weighted by Crippen LogP contribution is -2.31. The van der Waals surface area contributed by atoms with Gasteiger partial charge < -0.3 is 5.32 Å². The second-order valence-electron chi connectivity index (χ2n) is 6.29. The van der Waals surface area contributed by atoms with Gasteiger partial charge in [-0.05, 0) is 43.5 Å². The van der Waals surface area contributed by atoms with Crippen LogP contribution in [0.1, 0.15) is 40.9 Å². The van der Waals surface area contributed by atoms with Crippen LogP contribution in [-0.4, -0.2) is 31.7 Å². The zero-order chi connectivity index (χ0) is 17.9. The van der Waals surface area contributed by atoms with Gasteiger partial charge in [0, 0.05) is 24.2 Å². The van der Waals surface area contributed by atoms with Crippen LogP contribution < -0.4 is 5.32 Å². The summed E-state index contributed by atoms with van der Waals surface area (Å²) in [4.78, 5) is 13.0. The average Bonchev–Trinajstić information content (AvgIpc) is 2.91. The molecule has 1 fully saturated rings. The van der Waals surface area contributed by atoms with Crippen LogP contribution >= 0.6 is 11.3 Å². The lowest BCUT2D eigenvalue weighted by atomic mass is 10.2. The summed E-state index contributed by atoms with van der Waals surface area (Å²) in [6.45, 7) is 3.07. The van der Waals surface area contributed by atoms with Crippen molar-refractivity contribution in [1.82, 2.24) is 4.31 Å². The standard InChI is InChI=1S/C18H22N2O3S2/c1-14-7-6-8-15(11-14)19-18(21)17-12-16(13-24-17)25(22,23)20-9-4-2-3-5-10-20/h6-8,11-13H,2-5,9-10H2,1H3,(H,19,21). The first-order valence-corrected chi connectivity index (χ1v) is 10.8. The van der Waals surface area contributed by atoms with E-state index in [1.54, 1.807) is 9.69 Å². The zero-order valence-electron chi connectivity index (χ0n) is 14.2. The Morgan fingerprint density at radius 1 is 1.12 bits per heavy atom. The molecule has 0 spiro atoms. The molecule has 1 aromatic carbocycles. The number of amides is 1. The molecule has 1 saturated heterocycles. The second kappa shape index (κ2) is 7.68. The number of thiophene rings is 1. The van der Waals surface area contributed by atoms with Crippen LogP contribution in [0.3, 0.4) is 0 Å². The topological polar surface area (TPSA) is 66.5 Å². The van der Waals surface area contributed by atoms with Crippen LogP contribution in [0.4, 0.5) is 5.69 Å². The van der Waals surface area contributed by atoms with E-state index >= 15 is 0 Å². The Balaban J connectivity index is 1.75. The van der Waals surface area contributed by atoms with Crippen molar-refractivity contribution < 1.29 is 13.2 Å². The largest absolute Gasteiger partial charge is 0.321 e. The van der Waals surface area contributed by atoms with Gasteiger partial charge in [-0.1, -0.05) is 25.0 Å². The summed E-state index contributed by atoms with van der Waals surface area (Å²) in [5, 5.41) is 4.38. The molecule has 1 N–H and O–H groups in total. The first-order chi connectivity index (χ1) is 12.0. The van der Waals surface area contributed by atoms with Gasteiger partial charge in [0.15, 0.2) is 0 Å². The predicted molar refractivity (Wildman–Crippen MR) is 101 cm³/mol. The molecule has 0 radical (unpaired) electrons. The van der Waals surface area contributed by atoms with Crippen LogP contribution in [0.2, 0.25) is 0 Å². The first kappa shape index (κ1) is 18.1. The molecule has 1 aromatic heterocycles. The summed E-state index contributed by atoms with van der Waals surface area (Å²) in [6, 6.07) is 8.99. The second-order valence-corrected chi connectivity index (χ2v) is 9.14. The molecule has 5 nitrogen and oxygen atoms in total. The molecule has 0 bridgehead atoms. The normalized spacial score (nSPS) is 16.4. The molecule has 134 valence electrons. The molecule has 0 aliphatic carbocycles. The molecule has 1 aliphatic heterocycles. The van der Waals surface area contributed by atoms with Crippen molar-refractivity contribution in [3.05, 3.63) is 46.2 Å². The SMILES string of the molecule is Cc1cccc(NC(=O)c2cc(S(=O)(=O)N3CCCCCC3)cs2)c1. The highest BCUT2D eigenvalue weighted by atomic mass is 32.2. The summed E-state index contributed by atoms with van der Waals surface area (Å²) in [7, 11) is -3.51. The summed E-state index contributed by atoms with van der Waals surface area (Å²) in [5.74, 6) is -0.284. The third kappa shape index (κ3) is 4.29. The number of carbonyl (C=O) groups excluding carboxylic acids is 1. The van der Waals surface area contributed by atoms with Crippen molar-refractivity contribution in [3.63, 3.8) is 0 Å². The van der Waals surface area contributed by atoms with Gasteiger partial charge in [-0.2, -0.15) is 4.31 Å². The van der Waals surface area contributed by atoms with Crippen molar-refractivity contribution in [2.45, 2.75) is 37.5 Å². The van der Waals surface area contributed by atoms with Crippen LogP contribution in [0.15, 0.2) is 40.6 Å². The van der Waals surface area contributed by atoms with Crippen LogP contribution in [0.25, 0.3) is 0 Å². The van der Waals surface area contributed by atoms with Gasteiger partial charge in [0.1, 0.15) is 0 Å². The Hall–Kier alpha value is -1.70. The molecule has 2 aromatic rings. The number of nitrogens with one attached hydrogen (secondary N) is 1. The number of carbonyl (C=O) groups is 1. The third-order valence-corrected chi connectivity index (χ3v) is 7.23. The van der Waals surface area contributed by atoms with E-state index in [1.807, 2.05) is 31.2 Å². The Morgan fingerprint density at radius 3 is 2.52 bits per heavy atom. The summed E-state index contributed by atoms with van der Waals surface area (Å²) in [6.07, 6.45) is 3.92. The third-order valence-electron chi connectivity index (χ3n) is 4.28. The van der Waals surface area contributed by atoms with Crippen molar-refractivity contribution in [1.29, 1.82) is 0 Å². The van der Waals surface area contributed by atoms with E-state index in [4.69, 9.17) is 0 Å². The van der Waals surface area contributed by atoms with Crippen LogP contribution in [0, 0.1) is 6.92 Å². The minimum absolute atomic E-state index is 0.216. The van der Waals surface area contributed by atoms with Crippen molar-refractivity contribution in [3.8, 4) is 0 Å². The summed E-state index contributed by atoms with van der Waals surface area (Å²) < 4.78 is 27.1. The Morgan fingerprint density at radius 2 is 1.84 bits per heavy atom. The maximum atomic E-state index is 12.8. The Labute approximate surface area is 152 Å². The minimum Gasteiger partial charge on any atom is -0.321 e. The van der Waals surface area contributed by atoms with Crippen LogP contribution in [0.5, 0.6) is 0 Å². The molecule has 0 saturated carbocycles. The number of hydrogen-bond donors (Lipinski definition) is 1. The number of benzene rings is 1. The van der Waals surface area contributed by atoms with Gasteiger partial charge in [-0.3, -0.25) is 4.79 Å². The molecule has 3 rings (SSSR count). The van der Waals surface area contributed by atoms with Gasteiger partial charge in [-0.25, -0.2) is 8.42 Å². The number of hydrogen-bond acceptors (Lipinski definition) is 4. The molecule has 7 heteroatoms. The molecule has 25 heavy (non-hydrogen) atoms. The van der Waals surface area contributed by atoms with E-state index < -0.39 is 10.0 Å². The maximum absolute atomic E-state index is 12.8.